The van der Waals surface area contributed by atoms with Crippen molar-refractivity contribution in [2.45, 2.75) is 32.7 Å². The summed E-state index contributed by atoms with van der Waals surface area (Å²) in [5.74, 6) is 0.995. The molecule has 1 aliphatic heterocycles. The summed E-state index contributed by atoms with van der Waals surface area (Å²) in [6.07, 6.45) is 5.60. The van der Waals surface area contributed by atoms with Crippen molar-refractivity contribution in [3.8, 4) is 0 Å². The van der Waals surface area contributed by atoms with E-state index in [9.17, 15) is 0 Å². The third kappa shape index (κ3) is 2.39. The van der Waals surface area contributed by atoms with Gasteiger partial charge in [0.2, 0.25) is 0 Å². The van der Waals surface area contributed by atoms with E-state index in [4.69, 9.17) is 11.6 Å². The number of pyridine rings is 1. The number of aryl methyl sites for hydroxylation is 1. The van der Waals surface area contributed by atoms with Gasteiger partial charge < -0.3 is 4.90 Å². The highest BCUT2D eigenvalue weighted by atomic mass is 35.5. The minimum absolute atomic E-state index is 0.567. The lowest BCUT2D eigenvalue weighted by Crippen LogP contribution is -2.48. The lowest BCUT2D eigenvalue weighted by Gasteiger charge is -2.41. The second-order valence-corrected chi connectivity index (χ2v) is 6.59. The Hall–Kier alpha value is -1.62. The Balaban J connectivity index is 1.48. The molecule has 0 N–H and O–H groups in total. The van der Waals surface area contributed by atoms with E-state index in [1.54, 1.807) is 0 Å². The van der Waals surface area contributed by atoms with Crippen molar-refractivity contribution in [1.82, 2.24) is 20.0 Å². The zero-order valence-electron chi connectivity index (χ0n) is 12.1. The van der Waals surface area contributed by atoms with Crippen molar-refractivity contribution in [3.05, 3.63) is 34.7 Å². The molecule has 0 bridgehead atoms. The minimum atomic E-state index is 0.567. The molecule has 5 nitrogen and oxygen atoms in total. The molecule has 110 valence electrons. The summed E-state index contributed by atoms with van der Waals surface area (Å²) in [6.45, 7) is 4.96. The molecule has 2 fully saturated rings. The molecule has 1 spiro atoms. The number of rotatable bonds is 4. The van der Waals surface area contributed by atoms with Crippen molar-refractivity contribution >= 4 is 17.4 Å². The van der Waals surface area contributed by atoms with E-state index in [0.29, 0.717) is 17.1 Å². The lowest BCUT2D eigenvalue weighted by molar-refractivity contribution is 0.384. The lowest BCUT2D eigenvalue weighted by atomic mass is 9.97. The predicted molar refractivity (Wildman–Crippen MR) is 81.6 cm³/mol. The van der Waals surface area contributed by atoms with E-state index in [2.05, 4.69) is 39.3 Å². The Morgan fingerprint density at radius 3 is 2.71 bits per heavy atom. The van der Waals surface area contributed by atoms with Crippen LogP contribution in [0.5, 0.6) is 0 Å². The van der Waals surface area contributed by atoms with Crippen molar-refractivity contribution < 1.29 is 0 Å². The largest absolute Gasteiger partial charge is 0.355 e. The van der Waals surface area contributed by atoms with Crippen LogP contribution in [-0.4, -0.2) is 33.1 Å². The van der Waals surface area contributed by atoms with Crippen molar-refractivity contribution in [1.29, 1.82) is 0 Å². The maximum atomic E-state index is 6.33. The monoisotopic (exact) mass is 303 g/mol. The molecule has 4 rings (SSSR count). The average molecular weight is 304 g/mol. The first kappa shape index (κ1) is 13.1. The highest BCUT2D eigenvalue weighted by Crippen LogP contribution is 2.53. The minimum Gasteiger partial charge on any atom is -0.355 e. The van der Waals surface area contributed by atoms with E-state index >= 15 is 0 Å². The Morgan fingerprint density at radius 2 is 2.10 bits per heavy atom. The molecular weight excluding hydrogens is 286 g/mol. The number of anilines is 1. The van der Waals surface area contributed by atoms with E-state index in [1.165, 1.54) is 12.8 Å². The summed E-state index contributed by atoms with van der Waals surface area (Å²) in [7, 11) is 0. The van der Waals surface area contributed by atoms with E-state index in [0.717, 1.165) is 36.6 Å². The highest BCUT2D eigenvalue weighted by Gasteiger charge is 2.52. The predicted octanol–water partition coefficient (Wildman–Crippen LogP) is 2.54. The topological polar surface area (TPSA) is 46.8 Å². The zero-order chi connectivity index (χ0) is 14.4. The van der Waals surface area contributed by atoms with Gasteiger partial charge in [0.15, 0.2) is 0 Å². The molecule has 1 aliphatic carbocycles. The van der Waals surface area contributed by atoms with Crippen LogP contribution in [0.25, 0.3) is 0 Å². The van der Waals surface area contributed by atoms with Crippen LogP contribution in [0.2, 0.25) is 5.15 Å². The standard InChI is InChI=1S/C15H18ClN5/c1-2-12-8-21(19-18-12)7-11-3-4-13(17-14(11)16)20-9-15(10-20)5-6-15/h3-4,8H,2,5-7,9-10H2,1H3. The molecule has 2 aliphatic rings. The van der Waals surface area contributed by atoms with Gasteiger partial charge in [-0.2, -0.15) is 0 Å². The molecule has 1 saturated heterocycles. The Kier molecular flexibility index (Phi) is 2.92. The van der Waals surface area contributed by atoms with Gasteiger partial charge in [-0.1, -0.05) is 29.8 Å². The van der Waals surface area contributed by atoms with E-state index < -0.39 is 0 Å². The van der Waals surface area contributed by atoms with Crippen LogP contribution in [0.4, 0.5) is 5.82 Å². The average Bonchev–Trinajstić information content (AvgIpc) is 3.13. The van der Waals surface area contributed by atoms with Crippen LogP contribution in [0.15, 0.2) is 18.3 Å². The molecule has 21 heavy (non-hydrogen) atoms. The van der Waals surface area contributed by atoms with Gasteiger partial charge in [-0.3, -0.25) is 0 Å². The maximum Gasteiger partial charge on any atom is 0.136 e. The van der Waals surface area contributed by atoms with Gasteiger partial charge in [-0.25, -0.2) is 9.67 Å². The molecule has 0 unspecified atom stereocenters. The molecule has 2 aromatic heterocycles. The maximum absolute atomic E-state index is 6.33. The van der Waals surface area contributed by atoms with Crippen LogP contribution in [0.3, 0.4) is 0 Å². The second kappa shape index (κ2) is 4.70. The van der Waals surface area contributed by atoms with Crippen LogP contribution >= 0.6 is 11.6 Å². The molecule has 6 heteroatoms. The van der Waals surface area contributed by atoms with Gasteiger partial charge >= 0.3 is 0 Å². The number of nitrogens with zero attached hydrogens (tertiary/aromatic N) is 5. The van der Waals surface area contributed by atoms with Crippen molar-refractivity contribution in [2.75, 3.05) is 18.0 Å². The summed E-state index contributed by atoms with van der Waals surface area (Å²) >= 11 is 6.33. The third-order valence-electron chi connectivity index (χ3n) is 4.53. The van der Waals surface area contributed by atoms with Crippen LogP contribution in [0.1, 0.15) is 31.0 Å². The van der Waals surface area contributed by atoms with Gasteiger partial charge in [0.25, 0.3) is 0 Å². The van der Waals surface area contributed by atoms with Crippen LogP contribution in [-0.2, 0) is 13.0 Å². The molecule has 0 radical (unpaired) electrons. The summed E-state index contributed by atoms with van der Waals surface area (Å²) in [4.78, 5) is 6.85. The number of aromatic nitrogens is 4. The second-order valence-electron chi connectivity index (χ2n) is 6.24. The molecule has 3 heterocycles. The summed E-state index contributed by atoms with van der Waals surface area (Å²) in [5.41, 5.74) is 2.60. The zero-order valence-corrected chi connectivity index (χ0v) is 12.8. The molecular formula is C15H18ClN5. The quantitative estimate of drug-likeness (QED) is 0.814. The van der Waals surface area contributed by atoms with E-state index in [-0.39, 0.29) is 0 Å². The Labute approximate surface area is 128 Å². The molecule has 0 atom stereocenters. The highest BCUT2D eigenvalue weighted by molar-refractivity contribution is 6.30. The smallest absolute Gasteiger partial charge is 0.136 e. The third-order valence-corrected chi connectivity index (χ3v) is 4.85. The van der Waals surface area contributed by atoms with Gasteiger partial charge in [-0.05, 0) is 25.3 Å². The number of hydrogen-bond acceptors (Lipinski definition) is 4. The summed E-state index contributed by atoms with van der Waals surface area (Å²) in [6, 6.07) is 4.12. The first-order chi connectivity index (χ1) is 10.2. The van der Waals surface area contributed by atoms with Crippen molar-refractivity contribution in [3.63, 3.8) is 0 Å². The first-order valence-corrected chi connectivity index (χ1v) is 7.85. The molecule has 0 amide bonds. The van der Waals surface area contributed by atoms with Gasteiger partial charge in [0.1, 0.15) is 11.0 Å². The normalized spacial score (nSPS) is 18.9. The number of halogens is 1. The molecule has 2 aromatic rings. The fraction of sp³-hybridized carbons (Fsp3) is 0.533. The van der Waals surface area contributed by atoms with Crippen LogP contribution in [0, 0.1) is 5.41 Å². The Morgan fingerprint density at radius 1 is 1.29 bits per heavy atom. The van der Waals surface area contributed by atoms with Crippen LogP contribution < -0.4 is 4.90 Å². The number of hydrogen-bond donors (Lipinski definition) is 0. The van der Waals surface area contributed by atoms with Gasteiger partial charge in [0, 0.05) is 30.3 Å². The molecule has 0 aromatic carbocycles. The summed E-state index contributed by atoms with van der Waals surface area (Å²) in [5, 5.41) is 8.77. The SMILES string of the molecule is CCc1cn(Cc2ccc(N3CC4(CC4)C3)nc2Cl)nn1. The molecule has 1 saturated carbocycles. The fourth-order valence-corrected chi connectivity index (χ4v) is 3.13. The van der Waals surface area contributed by atoms with Gasteiger partial charge in [-0.15, -0.1) is 5.10 Å². The fourth-order valence-electron chi connectivity index (χ4n) is 2.92. The van der Waals surface area contributed by atoms with Gasteiger partial charge in [0.05, 0.1) is 12.2 Å². The first-order valence-electron chi connectivity index (χ1n) is 7.47. The van der Waals surface area contributed by atoms with E-state index in [1.807, 2.05) is 10.9 Å². The van der Waals surface area contributed by atoms with Crippen molar-refractivity contribution in [2.24, 2.45) is 5.41 Å². The Bertz CT molecular complexity index is 668. The summed E-state index contributed by atoms with van der Waals surface area (Å²) < 4.78 is 1.81.